The summed E-state index contributed by atoms with van der Waals surface area (Å²) in [5.41, 5.74) is 1.03. The smallest absolute Gasteiger partial charge is 0.302 e. The molecule has 0 aliphatic rings. The lowest BCUT2D eigenvalue weighted by Crippen LogP contribution is -2.11. The Morgan fingerprint density at radius 2 is 1.95 bits per heavy atom. The molecule has 20 heavy (non-hydrogen) atoms. The van der Waals surface area contributed by atoms with Gasteiger partial charge >= 0.3 is 5.97 Å². The first-order valence-corrected chi connectivity index (χ1v) is 6.59. The Bertz CT molecular complexity index is 514. The van der Waals surface area contributed by atoms with E-state index >= 15 is 0 Å². The molecular weight excluding hydrogens is 256 g/mol. The van der Waals surface area contributed by atoms with Crippen LogP contribution in [0.4, 0.5) is 0 Å². The van der Waals surface area contributed by atoms with Crippen molar-refractivity contribution >= 4 is 5.97 Å². The molecule has 4 heteroatoms. The molecule has 0 aromatic heterocycles. The fourth-order valence-corrected chi connectivity index (χ4v) is 1.74. The zero-order chi connectivity index (χ0) is 15.1. The zero-order valence-corrected chi connectivity index (χ0v) is 12.1. The molecule has 0 aliphatic heterocycles. The number of benzene rings is 1. The number of aromatic hydroxyl groups is 2. The minimum Gasteiger partial charge on any atom is -0.507 e. The third-order valence-electron chi connectivity index (χ3n) is 2.87. The molecule has 2 N–H and O–H groups in total. The van der Waals surface area contributed by atoms with E-state index in [9.17, 15) is 15.0 Å². The van der Waals surface area contributed by atoms with Crippen molar-refractivity contribution in [3.05, 3.63) is 23.3 Å². The lowest BCUT2D eigenvalue weighted by molar-refractivity contribution is -0.145. The molecule has 0 heterocycles. The minimum atomic E-state index is -0.269. The Balaban J connectivity index is 2.45. The highest BCUT2D eigenvalue weighted by Gasteiger charge is 2.04. The summed E-state index contributed by atoms with van der Waals surface area (Å²) in [5.74, 6) is 5.67. The first-order chi connectivity index (χ1) is 9.40. The van der Waals surface area contributed by atoms with Crippen molar-refractivity contribution in [3.8, 4) is 23.3 Å². The SMILES string of the molecule is CC(=O)O[C@@H](C)CCCC#Cc1cc(O)c(C)c(O)c1. The van der Waals surface area contributed by atoms with Crippen LogP contribution in [0, 0.1) is 18.8 Å². The molecule has 0 spiro atoms. The van der Waals surface area contributed by atoms with Crippen molar-refractivity contribution in [2.24, 2.45) is 0 Å². The molecule has 4 nitrogen and oxygen atoms in total. The molecule has 0 radical (unpaired) electrons. The summed E-state index contributed by atoms with van der Waals surface area (Å²) in [7, 11) is 0. The van der Waals surface area contributed by atoms with Gasteiger partial charge in [-0.15, -0.1) is 0 Å². The number of carbonyl (C=O) groups is 1. The summed E-state index contributed by atoms with van der Waals surface area (Å²) in [6.45, 7) is 4.88. The van der Waals surface area contributed by atoms with E-state index in [2.05, 4.69) is 11.8 Å². The fraction of sp³-hybridized carbons (Fsp3) is 0.438. The average Bonchev–Trinajstić information content (AvgIpc) is 2.34. The van der Waals surface area contributed by atoms with Crippen molar-refractivity contribution in [3.63, 3.8) is 0 Å². The molecule has 0 amide bonds. The van der Waals surface area contributed by atoms with Gasteiger partial charge in [0.1, 0.15) is 11.5 Å². The number of rotatable bonds is 4. The van der Waals surface area contributed by atoms with E-state index in [0.717, 1.165) is 12.8 Å². The van der Waals surface area contributed by atoms with Crippen LogP contribution in [0.15, 0.2) is 12.1 Å². The van der Waals surface area contributed by atoms with Crippen LogP contribution in [0.25, 0.3) is 0 Å². The molecular formula is C16H20O4. The predicted molar refractivity (Wildman–Crippen MR) is 76.5 cm³/mol. The summed E-state index contributed by atoms with van der Waals surface area (Å²) in [6.07, 6.45) is 2.16. The Morgan fingerprint density at radius 1 is 1.35 bits per heavy atom. The van der Waals surface area contributed by atoms with E-state index in [1.165, 1.54) is 19.1 Å². The number of ether oxygens (including phenoxy) is 1. The number of phenolic OH excluding ortho intramolecular Hbond substituents is 2. The number of phenols is 2. The monoisotopic (exact) mass is 276 g/mol. The predicted octanol–water partition coefficient (Wildman–Crippen LogP) is 2.88. The highest BCUT2D eigenvalue weighted by Crippen LogP contribution is 2.26. The lowest BCUT2D eigenvalue weighted by atomic mass is 10.1. The minimum absolute atomic E-state index is 0.0396. The van der Waals surface area contributed by atoms with Crippen molar-refractivity contribution in [1.82, 2.24) is 0 Å². The van der Waals surface area contributed by atoms with Crippen LogP contribution in [0.5, 0.6) is 11.5 Å². The van der Waals surface area contributed by atoms with Gasteiger partial charge in [0.2, 0.25) is 0 Å². The highest BCUT2D eigenvalue weighted by molar-refractivity contribution is 5.66. The summed E-state index contributed by atoms with van der Waals surface area (Å²) in [4.78, 5) is 10.7. The van der Waals surface area contributed by atoms with E-state index in [1.807, 2.05) is 6.92 Å². The van der Waals surface area contributed by atoms with Crippen molar-refractivity contribution in [2.45, 2.75) is 46.1 Å². The van der Waals surface area contributed by atoms with E-state index in [1.54, 1.807) is 6.92 Å². The molecule has 108 valence electrons. The molecule has 0 fully saturated rings. The van der Waals surface area contributed by atoms with E-state index < -0.39 is 0 Å². The second kappa shape index (κ2) is 7.44. The lowest BCUT2D eigenvalue weighted by Gasteiger charge is -2.09. The molecule has 0 saturated heterocycles. The van der Waals surface area contributed by atoms with Gasteiger partial charge in [-0.1, -0.05) is 11.8 Å². The summed E-state index contributed by atoms with van der Waals surface area (Å²) in [6, 6.07) is 3.06. The summed E-state index contributed by atoms with van der Waals surface area (Å²) in [5, 5.41) is 19.1. The van der Waals surface area contributed by atoms with Gasteiger partial charge in [0.25, 0.3) is 0 Å². The van der Waals surface area contributed by atoms with Gasteiger partial charge in [0, 0.05) is 24.5 Å². The van der Waals surface area contributed by atoms with Crippen LogP contribution in [-0.2, 0) is 9.53 Å². The third-order valence-corrected chi connectivity index (χ3v) is 2.87. The number of esters is 1. The normalized spacial score (nSPS) is 11.3. The summed E-state index contributed by atoms with van der Waals surface area (Å²) >= 11 is 0. The van der Waals surface area contributed by atoms with Gasteiger partial charge in [-0.05, 0) is 38.8 Å². The van der Waals surface area contributed by atoms with Gasteiger partial charge in [-0.2, -0.15) is 0 Å². The molecule has 1 atom stereocenters. The van der Waals surface area contributed by atoms with Gasteiger partial charge in [0.15, 0.2) is 0 Å². The van der Waals surface area contributed by atoms with E-state index in [-0.39, 0.29) is 23.6 Å². The second-order valence-corrected chi connectivity index (χ2v) is 4.75. The van der Waals surface area contributed by atoms with Gasteiger partial charge in [-0.3, -0.25) is 4.79 Å². The van der Waals surface area contributed by atoms with E-state index in [0.29, 0.717) is 17.5 Å². The van der Waals surface area contributed by atoms with Gasteiger partial charge in [0.05, 0.1) is 6.10 Å². The Hall–Kier alpha value is -2.15. The molecule has 0 unspecified atom stereocenters. The number of carbonyl (C=O) groups excluding carboxylic acids is 1. The maximum atomic E-state index is 10.7. The van der Waals surface area contributed by atoms with Gasteiger partial charge in [-0.25, -0.2) is 0 Å². The van der Waals surface area contributed by atoms with Crippen LogP contribution < -0.4 is 0 Å². The molecule has 1 aromatic rings. The van der Waals surface area contributed by atoms with Crippen LogP contribution in [0.3, 0.4) is 0 Å². The van der Waals surface area contributed by atoms with Crippen molar-refractivity contribution in [2.75, 3.05) is 0 Å². The molecule has 1 aromatic carbocycles. The first kappa shape index (κ1) is 15.9. The number of hydrogen-bond donors (Lipinski definition) is 2. The summed E-state index contributed by atoms with van der Waals surface area (Å²) < 4.78 is 5.01. The second-order valence-electron chi connectivity index (χ2n) is 4.75. The Labute approximate surface area is 119 Å². The third kappa shape index (κ3) is 5.23. The van der Waals surface area contributed by atoms with Crippen LogP contribution in [-0.4, -0.2) is 22.3 Å². The fourth-order valence-electron chi connectivity index (χ4n) is 1.74. The quantitative estimate of drug-likeness (QED) is 0.504. The van der Waals surface area contributed by atoms with Crippen LogP contribution in [0.1, 0.15) is 44.2 Å². The van der Waals surface area contributed by atoms with Crippen LogP contribution in [0.2, 0.25) is 0 Å². The molecule has 0 saturated carbocycles. The van der Waals surface area contributed by atoms with Crippen LogP contribution >= 0.6 is 0 Å². The highest BCUT2D eigenvalue weighted by atomic mass is 16.5. The number of unbranched alkanes of at least 4 members (excludes halogenated alkanes) is 1. The first-order valence-electron chi connectivity index (χ1n) is 6.59. The average molecular weight is 276 g/mol. The Morgan fingerprint density at radius 3 is 2.50 bits per heavy atom. The largest absolute Gasteiger partial charge is 0.507 e. The van der Waals surface area contributed by atoms with E-state index in [4.69, 9.17) is 4.74 Å². The maximum absolute atomic E-state index is 10.7. The maximum Gasteiger partial charge on any atom is 0.302 e. The topological polar surface area (TPSA) is 66.8 Å². The number of hydrogen-bond acceptors (Lipinski definition) is 4. The van der Waals surface area contributed by atoms with Gasteiger partial charge < -0.3 is 14.9 Å². The molecule has 0 bridgehead atoms. The molecule has 0 aliphatic carbocycles. The van der Waals surface area contributed by atoms with Crippen molar-refractivity contribution < 1.29 is 19.7 Å². The zero-order valence-electron chi connectivity index (χ0n) is 12.1. The standard InChI is InChI=1S/C16H20O4/c1-11(20-13(3)17)7-5-4-6-8-14-9-15(18)12(2)16(19)10-14/h9-11,18-19H,4-5,7H2,1-3H3/t11-/m0/s1. The van der Waals surface area contributed by atoms with Crippen molar-refractivity contribution in [1.29, 1.82) is 0 Å². The Kier molecular flexibility index (Phi) is 5.92. The molecule has 1 rings (SSSR count).